The molecule has 1 N–H and O–H groups in total. The average Bonchev–Trinajstić information content (AvgIpc) is 2.20. The van der Waals surface area contributed by atoms with Gasteiger partial charge >= 0.3 is 0 Å². The van der Waals surface area contributed by atoms with Gasteiger partial charge in [-0.05, 0) is 34.1 Å². The fourth-order valence-electron chi connectivity index (χ4n) is 2.20. The van der Waals surface area contributed by atoms with Crippen molar-refractivity contribution in [1.82, 2.24) is 10.2 Å². The third-order valence-electron chi connectivity index (χ3n) is 3.23. The standard InChI is InChI=1S/C13H28N2S/c1-6-12(9-14-13(3,4)5)15-7-8-16-10-11(15)2/h11-12,14H,6-10H2,1-5H3. The monoisotopic (exact) mass is 244 g/mol. The molecule has 0 bridgehead atoms. The Morgan fingerprint density at radius 3 is 2.62 bits per heavy atom. The van der Waals surface area contributed by atoms with Crippen molar-refractivity contribution in [3.05, 3.63) is 0 Å². The van der Waals surface area contributed by atoms with Gasteiger partial charge in [-0.1, -0.05) is 6.92 Å². The van der Waals surface area contributed by atoms with Gasteiger partial charge in [0.2, 0.25) is 0 Å². The largest absolute Gasteiger partial charge is 0.311 e. The topological polar surface area (TPSA) is 15.3 Å². The van der Waals surface area contributed by atoms with Crippen LogP contribution in [0, 0.1) is 0 Å². The Labute approximate surface area is 106 Å². The molecule has 0 radical (unpaired) electrons. The molecular weight excluding hydrogens is 216 g/mol. The number of hydrogen-bond acceptors (Lipinski definition) is 3. The smallest absolute Gasteiger partial charge is 0.0221 e. The summed E-state index contributed by atoms with van der Waals surface area (Å²) in [6.07, 6.45) is 1.25. The van der Waals surface area contributed by atoms with Crippen LogP contribution in [0.3, 0.4) is 0 Å². The maximum Gasteiger partial charge on any atom is 0.0221 e. The van der Waals surface area contributed by atoms with Gasteiger partial charge in [-0.2, -0.15) is 11.8 Å². The van der Waals surface area contributed by atoms with Crippen molar-refractivity contribution in [2.45, 2.75) is 58.7 Å². The summed E-state index contributed by atoms with van der Waals surface area (Å²) in [6, 6.07) is 1.44. The van der Waals surface area contributed by atoms with Crippen molar-refractivity contribution in [2.24, 2.45) is 0 Å². The average molecular weight is 244 g/mol. The summed E-state index contributed by atoms with van der Waals surface area (Å²) >= 11 is 2.10. The molecule has 2 atom stereocenters. The van der Waals surface area contributed by atoms with Crippen LogP contribution in [-0.4, -0.2) is 47.1 Å². The normalized spacial score (nSPS) is 25.7. The molecular formula is C13H28N2S. The van der Waals surface area contributed by atoms with Crippen LogP contribution in [0.2, 0.25) is 0 Å². The molecule has 1 fully saturated rings. The molecule has 2 nitrogen and oxygen atoms in total. The fourth-order valence-corrected chi connectivity index (χ4v) is 3.24. The maximum absolute atomic E-state index is 3.64. The fraction of sp³-hybridized carbons (Fsp3) is 1.00. The minimum absolute atomic E-state index is 0.237. The Morgan fingerprint density at radius 2 is 2.12 bits per heavy atom. The second kappa shape index (κ2) is 6.27. The zero-order valence-corrected chi connectivity index (χ0v) is 12.4. The second-order valence-electron chi connectivity index (χ2n) is 5.85. The van der Waals surface area contributed by atoms with E-state index in [4.69, 9.17) is 0 Å². The van der Waals surface area contributed by atoms with Gasteiger partial charge in [0.15, 0.2) is 0 Å². The van der Waals surface area contributed by atoms with Gasteiger partial charge in [0.05, 0.1) is 0 Å². The third kappa shape index (κ3) is 4.64. The van der Waals surface area contributed by atoms with Crippen LogP contribution in [0.5, 0.6) is 0 Å². The molecule has 0 saturated carbocycles. The van der Waals surface area contributed by atoms with E-state index in [-0.39, 0.29) is 5.54 Å². The Morgan fingerprint density at radius 1 is 1.44 bits per heavy atom. The highest BCUT2D eigenvalue weighted by molar-refractivity contribution is 7.99. The molecule has 96 valence electrons. The summed E-state index contributed by atoms with van der Waals surface area (Å²) in [7, 11) is 0. The summed E-state index contributed by atoms with van der Waals surface area (Å²) < 4.78 is 0. The van der Waals surface area contributed by atoms with Crippen molar-refractivity contribution in [1.29, 1.82) is 0 Å². The Bertz CT molecular complexity index is 201. The number of hydrogen-bond donors (Lipinski definition) is 1. The molecule has 0 aromatic rings. The summed E-state index contributed by atoms with van der Waals surface area (Å²) in [5.41, 5.74) is 0.237. The minimum Gasteiger partial charge on any atom is -0.311 e. The molecule has 1 rings (SSSR count). The highest BCUT2D eigenvalue weighted by Crippen LogP contribution is 2.20. The number of nitrogens with one attached hydrogen (secondary N) is 1. The summed E-state index contributed by atoms with van der Waals surface area (Å²) in [5.74, 6) is 2.60. The van der Waals surface area contributed by atoms with Crippen molar-refractivity contribution in [2.75, 3.05) is 24.6 Å². The molecule has 1 aliphatic rings. The highest BCUT2D eigenvalue weighted by Gasteiger charge is 2.25. The lowest BCUT2D eigenvalue weighted by atomic mass is 10.1. The van der Waals surface area contributed by atoms with Crippen LogP contribution in [0.15, 0.2) is 0 Å². The summed E-state index contributed by atoms with van der Waals surface area (Å²) in [4.78, 5) is 2.69. The van der Waals surface area contributed by atoms with Crippen LogP contribution < -0.4 is 5.32 Å². The SMILES string of the molecule is CCC(CNC(C)(C)C)N1CCSCC1C. The molecule has 0 aromatic heterocycles. The molecule has 1 aliphatic heterocycles. The van der Waals surface area contributed by atoms with Gasteiger partial charge in [-0.15, -0.1) is 0 Å². The zero-order valence-electron chi connectivity index (χ0n) is 11.5. The molecule has 0 aromatic carbocycles. The molecule has 16 heavy (non-hydrogen) atoms. The van der Waals surface area contributed by atoms with Gasteiger partial charge in [0.25, 0.3) is 0 Å². The van der Waals surface area contributed by atoms with Crippen LogP contribution in [-0.2, 0) is 0 Å². The quantitative estimate of drug-likeness (QED) is 0.818. The molecule has 0 spiro atoms. The predicted octanol–water partition coefficient (Wildman–Crippen LogP) is 2.59. The van der Waals surface area contributed by atoms with Crippen molar-refractivity contribution >= 4 is 11.8 Å². The van der Waals surface area contributed by atoms with E-state index in [1.165, 1.54) is 24.5 Å². The first kappa shape index (κ1) is 14.3. The van der Waals surface area contributed by atoms with Crippen molar-refractivity contribution in [3.8, 4) is 0 Å². The van der Waals surface area contributed by atoms with Crippen molar-refractivity contribution in [3.63, 3.8) is 0 Å². The lowest BCUT2D eigenvalue weighted by Gasteiger charge is -2.40. The first-order chi connectivity index (χ1) is 7.44. The maximum atomic E-state index is 3.64. The van der Waals surface area contributed by atoms with Crippen LogP contribution in [0.4, 0.5) is 0 Å². The first-order valence-corrected chi connectivity index (χ1v) is 7.68. The lowest BCUT2D eigenvalue weighted by molar-refractivity contribution is 0.147. The summed E-state index contributed by atoms with van der Waals surface area (Å²) in [5, 5.41) is 3.64. The van der Waals surface area contributed by atoms with Gasteiger partial charge < -0.3 is 5.32 Å². The van der Waals surface area contributed by atoms with Gasteiger partial charge in [-0.25, -0.2) is 0 Å². The van der Waals surface area contributed by atoms with E-state index in [1.54, 1.807) is 0 Å². The molecule has 3 heteroatoms. The Balaban J connectivity index is 2.45. The number of thioether (sulfide) groups is 1. The highest BCUT2D eigenvalue weighted by atomic mass is 32.2. The third-order valence-corrected chi connectivity index (χ3v) is 4.42. The minimum atomic E-state index is 0.237. The molecule has 1 heterocycles. The van der Waals surface area contributed by atoms with E-state index in [9.17, 15) is 0 Å². The van der Waals surface area contributed by atoms with Gasteiger partial charge in [-0.3, -0.25) is 4.90 Å². The Hall–Kier alpha value is 0.270. The molecule has 0 amide bonds. The lowest BCUT2D eigenvalue weighted by Crippen LogP contribution is -2.52. The molecule has 1 saturated heterocycles. The zero-order chi connectivity index (χ0) is 12.2. The first-order valence-electron chi connectivity index (χ1n) is 6.52. The van der Waals surface area contributed by atoms with Crippen molar-refractivity contribution < 1.29 is 0 Å². The molecule has 0 aliphatic carbocycles. The Kier molecular flexibility index (Phi) is 5.62. The van der Waals surface area contributed by atoms with Gasteiger partial charge in [0, 0.05) is 42.2 Å². The van der Waals surface area contributed by atoms with E-state index >= 15 is 0 Å². The van der Waals surface area contributed by atoms with Crippen LogP contribution in [0.25, 0.3) is 0 Å². The number of rotatable bonds is 4. The van der Waals surface area contributed by atoms with E-state index in [1.807, 2.05) is 0 Å². The molecule has 2 unspecified atom stereocenters. The van der Waals surface area contributed by atoms with Gasteiger partial charge in [0.1, 0.15) is 0 Å². The van der Waals surface area contributed by atoms with E-state index in [0.717, 1.165) is 12.6 Å². The van der Waals surface area contributed by atoms with E-state index in [2.05, 4.69) is 56.6 Å². The predicted molar refractivity (Wildman–Crippen MR) is 75.3 cm³/mol. The summed E-state index contributed by atoms with van der Waals surface area (Å²) in [6.45, 7) is 13.8. The van der Waals surface area contributed by atoms with E-state index in [0.29, 0.717) is 6.04 Å². The van der Waals surface area contributed by atoms with Crippen LogP contribution >= 0.6 is 11.8 Å². The second-order valence-corrected chi connectivity index (χ2v) is 7.00. The number of nitrogens with zero attached hydrogens (tertiary/aromatic N) is 1. The van der Waals surface area contributed by atoms with E-state index < -0.39 is 0 Å². The van der Waals surface area contributed by atoms with Crippen LogP contribution in [0.1, 0.15) is 41.0 Å².